The molecule has 7 heteroatoms. The number of alkyl carbamates (subject to hydrolysis) is 1. The molecule has 2 amide bonds. The van der Waals surface area contributed by atoms with Crippen molar-refractivity contribution >= 4 is 23.7 Å². The molecule has 0 heterocycles. The number of rotatable bonds is 8. The summed E-state index contributed by atoms with van der Waals surface area (Å²) in [6.45, 7) is 1.74. The van der Waals surface area contributed by atoms with Crippen LogP contribution < -0.4 is 10.6 Å². The molecule has 174 valence electrons. The number of hydrogen-bond acceptors (Lipinski definition) is 4. The van der Waals surface area contributed by atoms with Gasteiger partial charge in [0.1, 0.15) is 12.6 Å². The molecule has 0 spiro atoms. The third-order valence-corrected chi connectivity index (χ3v) is 5.89. The van der Waals surface area contributed by atoms with Crippen molar-refractivity contribution in [3.63, 3.8) is 0 Å². The summed E-state index contributed by atoms with van der Waals surface area (Å²) >= 11 is 0. The summed E-state index contributed by atoms with van der Waals surface area (Å²) in [4.78, 5) is 35.7. The van der Waals surface area contributed by atoms with E-state index in [2.05, 4.69) is 22.8 Å². The summed E-state index contributed by atoms with van der Waals surface area (Å²) in [5.41, 5.74) is 5.86. The molecule has 0 bridgehead atoms. The molecule has 0 aromatic heterocycles. The monoisotopic (exact) mass is 458 g/mol. The molecular weight excluding hydrogens is 432 g/mol. The molecule has 3 N–H and O–H groups in total. The lowest BCUT2D eigenvalue weighted by Crippen LogP contribution is -2.42. The number of benzene rings is 3. The Balaban J connectivity index is 1.32. The maximum Gasteiger partial charge on any atom is 0.407 e. The minimum absolute atomic E-state index is 0.0111. The van der Waals surface area contributed by atoms with Gasteiger partial charge in [-0.3, -0.25) is 9.59 Å². The predicted octanol–water partition coefficient (Wildman–Crippen LogP) is 4.57. The Bertz CT molecular complexity index is 1180. The number of hydrogen-bond donors (Lipinski definition) is 3. The summed E-state index contributed by atoms with van der Waals surface area (Å²) in [5, 5.41) is 14.2. The zero-order valence-corrected chi connectivity index (χ0v) is 18.8. The van der Waals surface area contributed by atoms with Gasteiger partial charge >= 0.3 is 12.1 Å². The minimum atomic E-state index is -0.879. The van der Waals surface area contributed by atoms with Gasteiger partial charge in [0.2, 0.25) is 5.91 Å². The number of aryl methyl sites for hydroxylation is 1. The second kappa shape index (κ2) is 10.2. The Morgan fingerprint density at radius 3 is 2.24 bits per heavy atom. The number of carbonyl (C=O) groups excluding carboxylic acids is 2. The number of ether oxygens (including phenoxy) is 1. The van der Waals surface area contributed by atoms with E-state index >= 15 is 0 Å². The van der Waals surface area contributed by atoms with Crippen LogP contribution in [0.5, 0.6) is 0 Å². The summed E-state index contributed by atoms with van der Waals surface area (Å²) < 4.78 is 5.50. The average Bonchev–Trinajstić information content (AvgIpc) is 3.15. The first kappa shape index (κ1) is 23.0. The molecule has 0 fully saturated rings. The first-order chi connectivity index (χ1) is 16.4. The van der Waals surface area contributed by atoms with E-state index in [1.807, 2.05) is 36.4 Å². The molecule has 4 rings (SSSR count). The molecule has 0 saturated heterocycles. The summed E-state index contributed by atoms with van der Waals surface area (Å²) in [5.74, 6) is -1.34. The fourth-order valence-corrected chi connectivity index (χ4v) is 4.19. The van der Waals surface area contributed by atoms with Crippen molar-refractivity contribution in [3.05, 3.63) is 89.5 Å². The smallest absolute Gasteiger partial charge is 0.407 e. The van der Waals surface area contributed by atoms with Crippen LogP contribution in [0.2, 0.25) is 0 Å². The highest BCUT2D eigenvalue weighted by molar-refractivity contribution is 5.96. The molecule has 34 heavy (non-hydrogen) atoms. The zero-order chi connectivity index (χ0) is 24.1. The van der Waals surface area contributed by atoms with Gasteiger partial charge in [-0.2, -0.15) is 0 Å². The van der Waals surface area contributed by atoms with Gasteiger partial charge in [0, 0.05) is 18.0 Å². The van der Waals surface area contributed by atoms with Gasteiger partial charge < -0.3 is 20.5 Å². The number of amides is 2. The van der Waals surface area contributed by atoms with Crippen molar-refractivity contribution in [2.24, 2.45) is 0 Å². The van der Waals surface area contributed by atoms with Gasteiger partial charge in [0.15, 0.2) is 0 Å². The van der Waals surface area contributed by atoms with Gasteiger partial charge in [-0.15, -0.1) is 0 Å². The summed E-state index contributed by atoms with van der Waals surface area (Å²) in [6.07, 6.45) is -0.288. The van der Waals surface area contributed by atoms with E-state index in [-0.39, 0.29) is 18.9 Å². The van der Waals surface area contributed by atoms with Crippen LogP contribution >= 0.6 is 0 Å². The topological polar surface area (TPSA) is 105 Å². The van der Waals surface area contributed by atoms with Crippen LogP contribution in [-0.2, 0) is 20.7 Å². The van der Waals surface area contributed by atoms with E-state index in [0.717, 1.165) is 27.8 Å². The van der Waals surface area contributed by atoms with E-state index in [0.29, 0.717) is 12.1 Å². The van der Waals surface area contributed by atoms with Crippen LogP contribution in [0.4, 0.5) is 10.5 Å². The molecule has 0 saturated carbocycles. The van der Waals surface area contributed by atoms with E-state index in [9.17, 15) is 14.4 Å². The molecular formula is C27H26N2O5. The third kappa shape index (κ3) is 5.26. The minimum Gasteiger partial charge on any atom is -0.481 e. The normalized spacial score (nSPS) is 12.9. The highest BCUT2D eigenvalue weighted by atomic mass is 16.5. The van der Waals surface area contributed by atoms with Gasteiger partial charge in [-0.05, 0) is 53.3 Å². The fraction of sp³-hybridized carbons (Fsp3) is 0.222. The Hall–Kier alpha value is -4.13. The lowest BCUT2D eigenvalue weighted by molar-refractivity contribution is -0.137. The fourth-order valence-electron chi connectivity index (χ4n) is 4.19. The standard InChI is InChI=1S/C27H26N2O5/c1-17(26(32)29-19-8-6-7-18(15-19)13-14-25(30)31)28-27(33)34-16-24-22-11-4-2-9-20(22)21-10-3-5-12-23(21)24/h2-12,15,17,24H,13-14,16H2,1H3,(H,28,33)(H,29,32)(H,30,31). The number of nitrogens with one attached hydrogen (secondary N) is 2. The number of carbonyl (C=O) groups is 3. The highest BCUT2D eigenvalue weighted by Gasteiger charge is 2.29. The molecule has 3 aromatic rings. The van der Waals surface area contributed by atoms with E-state index < -0.39 is 24.0 Å². The molecule has 7 nitrogen and oxygen atoms in total. The third-order valence-electron chi connectivity index (χ3n) is 5.89. The van der Waals surface area contributed by atoms with Crippen molar-refractivity contribution in [2.45, 2.75) is 31.7 Å². The Labute approximate surface area is 197 Å². The SMILES string of the molecule is CC(NC(=O)OCC1c2ccccc2-c2ccccc21)C(=O)Nc1cccc(CCC(=O)O)c1. The quantitative estimate of drug-likeness (QED) is 0.459. The van der Waals surface area contributed by atoms with Crippen molar-refractivity contribution < 1.29 is 24.2 Å². The number of aliphatic carboxylic acids is 1. The second-order valence-corrected chi connectivity index (χ2v) is 8.27. The first-order valence-corrected chi connectivity index (χ1v) is 11.2. The molecule has 1 unspecified atom stereocenters. The summed E-state index contributed by atoms with van der Waals surface area (Å²) in [7, 11) is 0. The van der Waals surface area contributed by atoms with Crippen LogP contribution in [0.15, 0.2) is 72.8 Å². The van der Waals surface area contributed by atoms with E-state index in [4.69, 9.17) is 9.84 Å². The van der Waals surface area contributed by atoms with Gasteiger partial charge in [-0.25, -0.2) is 4.79 Å². The lowest BCUT2D eigenvalue weighted by atomic mass is 9.98. The molecule has 1 aliphatic rings. The average molecular weight is 459 g/mol. The Morgan fingerprint density at radius 2 is 1.59 bits per heavy atom. The zero-order valence-electron chi connectivity index (χ0n) is 18.8. The van der Waals surface area contributed by atoms with Crippen LogP contribution in [0.1, 0.15) is 36.0 Å². The van der Waals surface area contributed by atoms with Crippen molar-refractivity contribution in [2.75, 3.05) is 11.9 Å². The van der Waals surface area contributed by atoms with Crippen molar-refractivity contribution in [3.8, 4) is 11.1 Å². The molecule has 3 aromatic carbocycles. The number of fused-ring (bicyclic) bond motifs is 3. The van der Waals surface area contributed by atoms with Crippen molar-refractivity contribution in [1.29, 1.82) is 0 Å². The highest BCUT2D eigenvalue weighted by Crippen LogP contribution is 2.44. The van der Waals surface area contributed by atoms with Crippen LogP contribution in [0.25, 0.3) is 11.1 Å². The second-order valence-electron chi connectivity index (χ2n) is 8.27. The molecule has 0 aliphatic heterocycles. The lowest BCUT2D eigenvalue weighted by Gasteiger charge is -2.17. The maximum atomic E-state index is 12.5. The largest absolute Gasteiger partial charge is 0.481 e. The number of anilines is 1. The Morgan fingerprint density at radius 1 is 0.941 bits per heavy atom. The van der Waals surface area contributed by atoms with Crippen molar-refractivity contribution in [1.82, 2.24) is 5.32 Å². The van der Waals surface area contributed by atoms with Gasteiger partial charge in [0.25, 0.3) is 0 Å². The number of carboxylic acid groups (broad SMARTS) is 1. The molecule has 0 radical (unpaired) electrons. The summed E-state index contributed by atoms with van der Waals surface area (Å²) in [6, 6.07) is 22.3. The Kier molecular flexibility index (Phi) is 6.92. The van der Waals surface area contributed by atoms with Gasteiger partial charge in [-0.1, -0.05) is 60.7 Å². The van der Waals surface area contributed by atoms with E-state index in [1.54, 1.807) is 31.2 Å². The molecule has 1 aliphatic carbocycles. The molecule has 1 atom stereocenters. The first-order valence-electron chi connectivity index (χ1n) is 11.2. The van der Waals surface area contributed by atoms with Crippen LogP contribution in [0.3, 0.4) is 0 Å². The van der Waals surface area contributed by atoms with E-state index in [1.165, 1.54) is 0 Å². The predicted molar refractivity (Wildman–Crippen MR) is 129 cm³/mol. The maximum absolute atomic E-state index is 12.5. The van der Waals surface area contributed by atoms with Crippen LogP contribution in [0, 0.1) is 0 Å². The number of carboxylic acids is 1. The van der Waals surface area contributed by atoms with Gasteiger partial charge in [0.05, 0.1) is 0 Å². The van der Waals surface area contributed by atoms with Crippen LogP contribution in [-0.4, -0.2) is 35.7 Å².